The molecule has 0 aliphatic rings. The molecule has 0 amide bonds. The van der Waals surface area contributed by atoms with Crippen LogP contribution in [0.15, 0.2) is 0 Å². The summed E-state index contributed by atoms with van der Waals surface area (Å²) in [5, 5.41) is 0. The summed E-state index contributed by atoms with van der Waals surface area (Å²) in [5.41, 5.74) is 0. The van der Waals surface area contributed by atoms with Gasteiger partial charge in [0.15, 0.2) is 0 Å². The molecular formula is C10H16Br2O4. The third-order valence-electron chi connectivity index (χ3n) is 1.52. The summed E-state index contributed by atoms with van der Waals surface area (Å²) in [6, 6.07) is 0. The lowest BCUT2D eigenvalue weighted by atomic mass is 10.2. The van der Waals surface area contributed by atoms with Gasteiger partial charge in [-0.15, -0.1) is 0 Å². The number of esters is 2. The van der Waals surface area contributed by atoms with E-state index in [1.165, 1.54) is 6.92 Å². The van der Waals surface area contributed by atoms with Gasteiger partial charge in [-0.25, -0.2) is 0 Å². The fraction of sp³-hybridized carbons (Fsp3) is 0.800. The van der Waals surface area contributed by atoms with Crippen LogP contribution in [0.25, 0.3) is 0 Å². The molecule has 0 bridgehead atoms. The van der Waals surface area contributed by atoms with Gasteiger partial charge in [-0.2, -0.15) is 0 Å². The van der Waals surface area contributed by atoms with Crippen LogP contribution in [-0.4, -0.2) is 26.9 Å². The molecule has 0 fully saturated rings. The van der Waals surface area contributed by atoms with Crippen molar-refractivity contribution in [1.82, 2.24) is 0 Å². The van der Waals surface area contributed by atoms with Crippen LogP contribution < -0.4 is 0 Å². The molecule has 0 radical (unpaired) electrons. The quantitative estimate of drug-likeness (QED) is 0.440. The summed E-state index contributed by atoms with van der Waals surface area (Å²) >= 11 is 6.31. The molecule has 0 N–H and O–H groups in total. The van der Waals surface area contributed by atoms with Gasteiger partial charge in [-0.3, -0.25) is 9.59 Å². The molecule has 0 aliphatic carbocycles. The summed E-state index contributed by atoms with van der Waals surface area (Å²) in [5.74, 6) is -0.972. The van der Waals surface area contributed by atoms with E-state index in [4.69, 9.17) is 9.47 Å². The van der Waals surface area contributed by atoms with Gasteiger partial charge in [-0.05, 0) is 27.7 Å². The largest absolute Gasteiger partial charge is 0.424 e. The molecule has 0 rings (SSSR count). The number of ether oxygens (including phenoxy) is 2. The number of alkyl halides is 2. The van der Waals surface area contributed by atoms with Gasteiger partial charge < -0.3 is 9.47 Å². The van der Waals surface area contributed by atoms with Crippen LogP contribution in [0, 0.1) is 0 Å². The summed E-state index contributed by atoms with van der Waals surface area (Å²) in [6.45, 7) is 8.10. The fourth-order valence-electron chi connectivity index (χ4n) is 0.606. The second-order valence-corrected chi connectivity index (χ2v) is 8.29. The maximum absolute atomic E-state index is 11.4. The van der Waals surface area contributed by atoms with Crippen LogP contribution in [0.3, 0.4) is 0 Å². The summed E-state index contributed by atoms with van der Waals surface area (Å²) in [7, 11) is 0. The lowest BCUT2D eigenvalue weighted by Crippen LogP contribution is -2.35. The molecule has 0 atom stereocenters. The highest BCUT2D eigenvalue weighted by atomic mass is 79.9. The Labute approximate surface area is 112 Å². The highest BCUT2D eigenvalue weighted by Gasteiger charge is 2.31. The Morgan fingerprint density at radius 2 is 1.19 bits per heavy atom. The first-order valence-corrected chi connectivity index (χ1v) is 6.33. The fourth-order valence-corrected chi connectivity index (χ4v) is 0.793. The topological polar surface area (TPSA) is 52.6 Å². The van der Waals surface area contributed by atoms with Crippen LogP contribution in [0.1, 0.15) is 34.6 Å². The third-order valence-corrected chi connectivity index (χ3v) is 2.16. The molecule has 0 aromatic carbocycles. The van der Waals surface area contributed by atoms with Crippen LogP contribution in [-0.2, 0) is 19.1 Å². The molecular weight excluding hydrogens is 344 g/mol. The van der Waals surface area contributed by atoms with E-state index < -0.39 is 26.9 Å². The van der Waals surface area contributed by atoms with Crippen LogP contribution in [0.5, 0.6) is 0 Å². The maximum Gasteiger partial charge on any atom is 0.325 e. The van der Waals surface area contributed by atoms with Crippen molar-refractivity contribution in [1.29, 1.82) is 0 Å². The highest BCUT2D eigenvalue weighted by Crippen LogP contribution is 2.21. The molecule has 0 aromatic heterocycles. The van der Waals surface area contributed by atoms with Gasteiger partial charge in [0.25, 0.3) is 0 Å². The molecule has 0 spiro atoms. The Kier molecular flexibility index (Phi) is 5.46. The van der Waals surface area contributed by atoms with Crippen LogP contribution in [0.4, 0.5) is 0 Å². The van der Waals surface area contributed by atoms with E-state index in [0.717, 1.165) is 0 Å². The van der Waals surface area contributed by atoms with E-state index in [2.05, 4.69) is 31.9 Å². The minimum atomic E-state index is -0.909. The molecule has 94 valence electrons. The lowest BCUT2D eigenvalue weighted by molar-refractivity contribution is -0.186. The normalized spacial score (nSPS) is 12.5. The number of carbonyl (C=O) groups excluding carboxylic acids is 2. The third kappa shape index (κ3) is 5.84. The first kappa shape index (κ1) is 15.9. The predicted octanol–water partition coefficient (Wildman–Crippen LogP) is 2.77. The van der Waals surface area contributed by atoms with Gasteiger partial charge in [0.2, 0.25) is 6.29 Å². The van der Waals surface area contributed by atoms with Crippen molar-refractivity contribution in [2.75, 3.05) is 0 Å². The van der Waals surface area contributed by atoms with Gasteiger partial charge in [0.1, 0.15) is 8.65 Å². The van der Waals surface area contributed by atoms with Crippen LogP contribution in [0.2, 0.25) is 0 Å². The first-order chi connectivity index (χ1) is 6.94. The van der Waals surface area contributed by atoms with Crippen molar-refractivity contribution in [2.24, 2.45) is 0 Å². The molecule has 0 saturated heterocycles. The number of hydrogen-bond acceptors (Lipinski definition) is 4. The Morgan fingerprint density at radius 3 is 1.38 bits per heavy atom. The lowest BCUT2D eigenvalue weighted by Gasteiger charge is -2.22. The average molecular weight is 360 g/mol. The minimum Gasteiger partial charge on any atom is -0.424 e. The second-order valence-electron chi connectivity index (χ2n) is 4.32. The average Bonchev–Trinajstić information content (AvgIpc) is 1.99. The molecule has 0 aromatic rings. The molecule has 6 heteroatoms. The van der Waals surface area contributed by atoms with Gasteiger partial charge in [0, 0.05) is 6.92 Å². The monoisotopic (exact) mass is 358 g/mol. The van der Waals surface area contributed by atoms with E-state index in [1.54, 1.807) is 27.7 Å². The zero-order chi connectivity index (χ0) is 13.1. The number of carbonyl (C=O) groups is 2. The molecule has 4 nitrogen and oxygen atoms in total. The zero-order valence-corrected chi connectivity index (χ0v) is 13.1. The Bertz CT molecular complexity index is 248. The first-order valence-electron chi connectivity index (χ1n) is 4.74. The van der Waals surface area contributed by atoms with Gasteiger partial charge in [-0.1, -0.05) is 31.9 Å². The maximum atomic E-state index is 11.4. The van der Waals surface area contributed by atoms with Crippen molar-refractivity contribution in [3.05, 3.63) is 0 Å². The molecule has 0 aliphatic heterocycles. The van der Waals surface area contributed by atoms with Crippen molar-refractivity contribution < 1.29 is 19.1 Å². The molecule has 0 unspecified atom stereocenters. The highest BCUT2D eigenvalue weighted by molar-refractivity contribution is 9.10. The van der Waals surface area contributed by atoms with E-state index in [1.807, 2.05) is 0 Å². The summed E-state index contributed by atoms with van der Waals surface area (Å²) < 4.78 is 8.27. The standard InChI is InChI=1S/C10H16Br2O4/c1-6(15-7(13)9(2,3)11)16-8(14)10(4,5)12/h6H,1-5H3. The van der Waals surface area contributed by atoms with Crippen molar-refractivity contribution in [3.8, 4) is 0 Å². The molecule has 16 heavy (non-hydrogen) atoms. The zero-order valence-electron chi connectivity index (χ0n) is 9.97. The second kappa shape index (κ2) is 5.49. The number of halogens is 2. The summed E-state index contributed by atoms with van der Waals surface area (Å²) in [6.07, 6.45) is -0.909. The van der Waals surface area contributed by atoms with E-state index in [9.17, 15) is 9.59 Å². The molecule has 0 heterocycles. The predicted molar refractivity (Wildman–Crippen MR) is 67.7 cm³/mol. The molecule has 0 saturated carbocycles. The van der Waals surface area contributed by atoms with Gasteiger partial charge in [0.05, 0.1) is 0 Å². The van der Waals surface area contributed by atoms with Crippen molar-refractivity contribution >= 4 is 43.8 Å². The van der Waals surface area contributed by atoms with Crippen LogP contribution >= 0.6 is 31.9 Å². The smallest absolute Gasteiger partial charge is 0.325 e. The SMILES string of the molecule is CC(OC(=O)C(C)(C)Br)OC(=O)C(C)(C)Br. The Hall–Kier alpha value is -0.100. The Morgan fingerprint density at radius 1 is 0.938 bits per heavy atom. The minimum absolute atomic E-state index is 0.486. The van der Waals surface area contributed by atoms with Crippen molar-refractivity contribution in [2.45, 2.75) is 49.6 Å². The van der Waals surface area contributed by atoms with Gasteiger partial charge >= 0.3 is 11.9 Å². The number of rotatable bonds is 4. The van der Waals surface area contributed by atoms with E-state index >= 15 is 0 Å². The number of hydrogen-bond donors (Lipinski definition) is 0. The summed E-state index contributed by atoms with van der Waals surface area (Å²) in [4.78, 5) is 22.9. The van der Waals surface area contributed by atoms with Crippen molar-refractivity contribution in [3.63, 3.8) is 0 Å². The van der Waals surface area contributed by atoms with E-state index in [0.29, 0.717) is 0 Å². The van der Waals surface area contributed by atoms with E-state index in [-0.39, 0.29) is 0 Å². The Balaban J connectivity index is 4.26.